The maximum atomic E-state index is 12.9. The van der Waals surface area contributed by atoms with Crippen molar-refractivity contribution < 1.29 is 9.53 Å². The lowest BCUT2D eigenvalue weighted by Crippen LogP contribution is -2.36. The first kappa shape index (κ1) is 16.3. The number of carbonyl (C=O) groups excluding carboxylic acids is 1. The smallest absolute Gasteiger partial charge is 0.272 e. The monoisotopic (exact) mass is 349 g/mol. The van der Waals surface area contributed by atoms with Gasteiger partial charge in [0.15, 0.2) is 0 Å². The fourth-order valence-electron chi connectivity index (χ4n) is 3.09. The minimum Gasteiger partial charge on any atom is -0.492 e. The number of pyridine rings is 2. The molecule has 0 radical (unpaired) electrons. The summed E-state index contributed by atoms with van der Waals surface area (Å²) in [4.78, 5) is 23.0. The zero-order chi connectivity index (χ0) is 17.8. The van der Waals surface area contributed by atoms with Crippen LogP contribution in [-0.2, 0) is 13.1 Å². The van der Waals surface area contributed by atoms with Crippen LogP contribution in [0.25, 0.3) is 0 Å². The summed E-state index contributed by atoms with van der Waals surface area (Å²) in [5.74, 6) is 0.760. The van der Waals surface area contributed by atoms with Crippen LogP contribution in [0.3, 0.4) is 0 Å². The van der Waals surface area contributed by atoms with Crippen molar-refractivity contribution in [1.82, 2.24) is 24.6 Å². The molecule has 26 heavy (non-hydrogen) atoms. The molecule has 3 aromatic rings. The molecule has 4 rings (SSSR count). The molecule has 1 aliphatic rings. The molecule has 0 bridgehead atoms. The zero-order valence-corrected chi connectivity index (χ0v) is 14.2. The van der Waals surface area contributed by atoms with Gasteiger partial charge in [-0.15, -0.1) is 0 Å². The first-order valence-corrected chi connectivity index (χ1v) is 8.53. The van der Waals surface area contributed by atoms with E-state index in [1.54, 1.807) is 36.9 Å². The van der Waals surface area contributed by atoms with Crippen LogP contribution in [0.4, 0.5) is 0 Å². The second-order valence-corrected chi connectivity index (χ2v) is 6.27. The lowest BCUT2D eigenvalue weighted by atomic mass is 10.1. The number of fused-ring (bicyclic) bond motifs is 1. The quantitative estimate of drug-likeness (QED) is 0.720. The van der Waals surface area contributed by atoms with Gasteiger partial charge in [-0.2, -0.15) is 5.10 Å². The Kier molecular flexibility index (Phi) is 4.59. The molecule has 0 N–H and O–H groups in total. The van der Waals surface area contributed by atoms with Gasteiger partial charge in [-0.1, -0.05) is 6.07 Å². The van der Waals surface area contributed by atoms with Crippen LogP contribution in [0.15, 0.2) is 61.2 Å². The number of ether oxygens (including phenoxy) is 1. The van der Waals surface area contributed by atoms with Gasteiger partial charge < -0.3 is 9.64 Å². The van der Waals surface area contributed by atoms with E-state index in [9.17, 15) is 4.79 Å². The lowest BCUT2D eigenvalue weighted by molar-refractivity contribution is 0.0695. The summed E-state index contributed by atoms with van der Waals surface area (Å²) in [7, 11) is 0. The summed E-state index contributed by atoms with van der Waals surface area (Å²) >= 11 is 0. The van der Waals surface area contributed by atoms with Crippen molar-refractivity contribution in [2.45, 2.75) is 13.1 Å². The van der Waals surface area contributed by atoms with Crippen LogP contribution in [0.5, 0.6) is 5.75 Å². The van der Waals surface area contributed by atoms with E-state index in [4.69, 9.17) is 4.74 Å². The van der Waals surface area contributed by atoms with Crippen molar-refractivity contribution in [3.05, 3.63) is 72.6 Å². The Bertz CT molecular complexity index is 866. The van der Waals surface area contributed by atoms with Gasteiger partial charge >= 0.3 is 0 Å². The summed E-state index contributed by atoms with van der Waals surface area (Å²) in [6.07, 6.45) is 6.80. The molecule has 1 unspecified atom stereocenters. The van der Waals surface area contributed by atoms with Crippen LogP contribution in [0, 0.1) is 5.92 Å². The molecule has 1 atom stereocenters. The highest BCUT2D eigenvalue weighted by molar-refractivity contribution is 5.92. The van der Waals surface area contributed by atoms with Crippen molar-refractivity contribution in [3.8, 4) is 5.75 Å². The predicted molar refractivity (Wildman–Crippen MR) is 94.4 cm³/mol. The number of rotatable bonds is 4. The van der Waals surface area contributed by atoms with Crippen LogP contribution in [-0.4, -0.2) is 43.7 Å². The van der Waals surface area contributed by atoms with E-state index in [-0.39, 0.29) is 11.8 Å². The molecular formula is C19H19N5O2. The van der Waals surface area contributed by atoms with Gasteiger partial charge in [0.05, 0.1) is 25.0 Å². The normalized spacial score (nSPS) is 16.6. The molecule has 0 fully saturated rings. The van der Waals surface area contributed by atoms with E-state index < -0.39 is 0 Å². The van der Waals surface area contributed by atoms with Crippen molar-refractivity contribution in [3.63, 3.8) is 0 Å². The minimum absolute atomic E-state index is 0.0772. The van der Waals surface area contributed by atoms with E-state index in [0.717, 1.165) is 11.4 Å². The van der Waals surface area contributed by atoms with Crippen LogP contribution in [0.1, 0.15) is 16.2 Å². The highest BCUT2D eigenvalue weighted by atomic mass is 16.5. The Morgan fingerprint density at radius 1 is 1.12 bits per heavy atom. The molecule has 4 heterocycles. The third-order valence-corrected chi connectivity index (χ3v) is 4.36. The Morgan fingerprint density at radius 3 is 2.88 bits per heavy atom. The average Bonchev–Trinajstić information content (AvgIpc) is 3.05. The standard InChI is InChI=1S/C19H19N5O2/c25-19(18-5-1-2-8-21-18)23-11-15(12-24-16(13-23)6-9-22-24)14-26-17-4-3-7-20-10-17/h1-10,15H,11-14H2. The van der Waals surface area contributed by atoms with Crippen molar-refractivity contribution in [2.75, 3.05) is 13.2 Å². The Hall–Kier alpha value is -3.22. The van der Waals surface area contributed by atoms with Crippen LogP contribution >= 0.6 is 0 Å². The fourth-order valence-corrected chi connectivity index (χ4v) is 3.09. The fraction of sp³-hybridized carbons (Fsp3) is 0.263. The highest BCUT2D eigenvalue weighted by Gasteiger charge is 2.27. The second-order valence-electron chi connectivity index (χ2n) is 6.27. The number of hydrogen-bond acceptors (Lipinski definition) is 5. The average molecular weight is 349 g/mol. The molecule has 132 valence electrons. The SMILES string of the molecule is O=C(c1ccccn1)N1Cc2ccnn2CC(COc2cccnc2)C1. The summed E-state index contributed by atoms with van der Waals surface area (Å²) in [5, 5.41) is 4.38. The van der Waals surface area contributed by atoms with Gasteiger partial charge in [0.1, 0.15) is 11.4 Å². The third-order valence-electron chi connectivity index (χ3n) is 4.36. The molecule has 1 aliphatic heterocycles. The first-order chi connectivity index (χ1) is 12.8. The van der Waals surface area contributed by atoms with E-state index in [1.807, 2.05) is 33.8 Å². The number of amides is 1. The van der Waals surface area contributed by atoms with Gasteiger partial charge in [-0.25, -0.2) is 0 Å². The molecule has 3 aromatic heterocycles. The molecule has 7 heteroatoms. The molecule has 0 saturated carbocycles. The summed E-state index contributed by atoms with van der Waals surface area (Å²) in [6, 6.07) is 11.0. The molecule has 0 aromatic carbocycles. The topological polar surface area (TPSA) is 73.1 Å². The van der Waals surface area contributed by atoms with E-state index >= 15 is 0 Å². The maximum absolute atomic E-state index is 12.9. The summed E-state index contributed by atoms with van der Waals surface area (Å²) in [5.41, 5.74) is 1.46. The van der Waals surface area contributed by atoms with Crippen molar-refractivity contribution in [2.24, 2.45) is 5.92 Å². The predicted octanol–water partition coefficient (Wildman–Crippen LogP) is 2.02. The number of hydrogen-bond donors (Lipinski definition) is 0. The third kappa shape index (κ3) is 3.56. The molecular weight excluding hydrogens is 330 g/mol. The number of aromatic nitrogens is 4. The van der Waals surface area contributed by atoms with Crippen molar-refractivity contribution in [1.29, 1.82) is 0 Å². The van der Waals surface area contributed by atoms with E-state index in [0.29, 0.717) is 31.9 Å². The van der Waals surface area contributed by atoms with E-state index in [1.165, 1.54) is 0 Å². The van der Waals surface area contributed by atoms with Gasteiger partial charge in [-0.3, -0.25) is 19.4 Å². The second kappa shape index (κ2) is 7.35. The molecule has 0 saturated heterocycles. The van der Waals surface area contributed by atoms with E-state index in [2.05, 4.69) is 15.1 Å². The van der Waals surface area contributed by atoms with Crippen LogP contribution < -0.4 is 4.74 Å². The van der Waals surface area contributed by atoms with Gasteiger partial charge in [0.2, 0.25) is 0 Å². The number of nitrogens with zero attached hydrogens (tertiary/aromatic N) is 5. The molecule has 1 amide bonds. The first-order valence-electron chi connectivity index (χ1n) is 8.53. The Balaban J connectivity index is 1.53. The van der Waals surface area contributed by atoms with Crippen LogP contribution in [0.2, 0.25) is 0 Å². The van der Waals surface area contributed by atoms with Crippen molar-refractivity contribution >= 4 is 5.91 Å². The Morgan fingerprint density at radius 2 is 2.08 bits per heavy atom. The summed E-state index contributed by atoms with van der Waals surface area (Å²) < 4.78 is 7.82. The zero-order valence-electron chi connectivity index (χ0n) is 14.2. The van der Waals surface area contributed by atoms with Gasteiger partial charge in [0.25, 0.3) is 5.91 Å². The van der Waals surface area contributed by atoms with Gasteiger partial charge in [0, 0.05) is 37.6 Å². The van der Waals surface area contributed by atoms with Gasteiger partial charge in [-0.05, 0) is 30.3 Å². The molecule has 0 aliphatic carbocycles. The number of carbonyl (C=O) groups is 1. The minimum atomic E-state index is -0.0772. The highest BCUT2D eigenvalue weighted by Crippen LogP contribution is 2.19. The maximum Gasteiger partial charge on any atom is 0.272 e. The molecule has 7 nitrogen and oxygen atoms in total. The lowest BCUT2D eigenvalue weighted by Gasteiger charge is -2.24. The Labute approximate surface area is 151 Å². The molecule has 0 spiro atoms. The summed E-state index contributed by atoms with van der Waals surface area (Å²) in [6.45, 7) is 2.28. The largest absolute Gasteiger partial charge is 0.492 e.